The van der Waals surface area contributed by atoms with E-state index in [1.54, 1.807) is 37.4 Å². The maximum atomic E-state index is 8.74. The van der Waals surface area contributed by atoms with Crippen LogP contribution < -0.4 is 0 Å². The van der Waals surface area contributed by atoms with Gasteiger partial charge in [-0.3, -0.25) is 9.11 Å². The molecule has 0 radical (unpaired) electrons. The van der Waals surface area contributed by atoms with E-state index >= 15 is 0 Å². The van der Waals surface area contributed by atoms with Gasteiger partial charge in [0, 0.05) is 24.8 Å². The summed E-state index contributed by atoms with van der Waals surface area (Å²) in [7, 11) is -4.67. The molecule has 0 aliphatic carbocycles. The molecule has 0 spiro atoms. The number of aromatic nitrogens is 4. The zero-order valence-corrected chi connectivity index (χ0v) is 8.29. The minimum Gasteiger partial charge on any atom is -0.351 e. The summed E-state index contributed by atoms with van der Waals surface area (Å²) in [4.78, 5) is 12.8. The minimum atomic E-state index is -4.67. The van der Waals surface area contributed by atoms with Crippen LogP contribution in [0.1, 0.15) is 7.43 Å². The number of imidazole rings is 2. The molecule has 0 fully saturated rings. The molecule has 0 bridgehead atoms. The molecule has 0 unspecified atom stereocenters. The van der Waals surface area contributed by atoms with Gasteiger partial charge in [0.15, 0.2) is 0 Å². The maximum absolute atomic E-state index is 8.74. The van der Waals surface area contributed by atoms with Crippen LogP contribution in [0.25, 0.3) is 0 Å². The second-order valence-electron chi connectivity index (χ2n) is 1.97. The van der Waals surface area contributed by atoms with Crippen molar-refractivity contribution in [2.45, 2.75) is 7.43 Å². The molecule has 0 aliphatic heterocycles. The fourth-order valence-electron chi connectivity index (χ4n) is 0.430. The van der Waals surface area contributed by atoms with Crippen molar-refractivity contribution in [2.24, 2.45) is 0 Å². The molecular weight excluding hydrogens is 236 g/mol. The normalized spacial score (nSPS) is 8.62. The summed E-state index contributed by atoms with van der Waals surface area (Å²) >= 11 is 0. The van der Waals surface area contributed by atoms with Crippen molar-refractivity contribution >= 4 is 10.4 Å². The second-order valence-corrected chi connectivity index (χ2v) is 2.86. The Kier molecular flexibility index (Phi) is 10.3. The van der Waals surface area contributed by atoms with Crippen LogP contribution in [0, 0.1) is 0 Å². The van der Waals surface area contributed by atoms with Gasteiger partial charge in [-0.25, -0.2) is 9.97 Å². The first-order valence-corrected chi connectivity index (χ1v) is 4.95. The number of rotatable bonds is 0. The van der Waals surface area contributed by atoms with Crippen LogP contribution in [0.4, 0.5) is 0 Å². The van der Waals surface area contributed by atoms with Gasteiger partial charge in [0.1, 0.15) is 0 Å². The van der Waals surface area contributed by atoms with Crippen molar-refractivity contribution in [1.82, 2.24) is 19.9 Å². The number of aromatic amines is 2. The average molecular weight is 250 g/mol. The fourth-order valence-corrected chi connectivity index (χ4v) is 0.430. The number of nitrogens with zero attached hydrogens (tertiary/aromatic N) is 2. The molecule has 16 heavy (non-hydrogen) atoms. The van der Waals surface area contributed by atoms with Crippen LogP contribution >= 0.6 is 0 Å². The molecule has 9 heteroatoms. The van der Waals surface area contributed by atoms with E-state index in [1.165, 1.54) is 0 Å². The molecule has 0 amide bonds. The van der Waals surface area contributed by atoms with E-state index < -0.39 is 10.4 Å². The Hall–Kier alpha value is -1.71. The van der Waals surface area contributed by atoms with E-state index in [1.807, 2.05) is 0 Å². The molecule has 92 valence electrons. The first-order valence-electron chi connectivity index (χ1n) is 3.55. The quantitative estimate of drug-likeness (QED) is 0.511. The smallest absolute Gasteiger partial charge is 0.351 e. The number of H-pyrrole nitrogens is 2. The van der Waals surface area contributed by atoms with E-state index in [9.17, 15) is 0 Å². The average Bonchev–Trinajstić information content (AvgIpc) is 2.81. The highest BCUT2D eigenvalue weighted by Crippen LogP contribution is 1.63. The Morgan fingerprint density at radius 1 is 0.938 bits per heavy atom. The lowest BCUT2D eigenvalue weighted by Crippen LogP contribution is -1.89. The number of hydrogen-bond acceptors (Lipinski definition) is 4. The predicted molar refractivity (Wildman–Crippen MR) is 58.1 cm³/mol. The first kappa shape index (κ1) is 16.7. The zero-order valence-electron chi connectivity index (χ0n) is 7.48. The van der Waals surface area contributed by atoms with Crippen LogP contribution in [-0.2, 0) is 10.4 Å². The Morgan fingerprint density at radius 2 is 1.25 bits per heavy atom. The van der Waals surface area contributed by atoms with Crippen molar-refractivity contribution in [3.63, 3.8) is 0 Å². The zero-order chi connectivity index (χ0) is 11.6. The summed E-state index contributed by atoms with van der Waals surface area (Å²) in [5, 5.41) is 0. The SMILES string of the molecule is C.O=S(=O)(O)O.c1c[nH]cn1.c1c[nH]cn1. The Bertz CT molecular complexity index is 329. The van der Waals surface area contributed by atoms with E-state index in [0.717, 1.165) is 0 Å². The van der Waals surface area contributed by atoms with Crippen LogP contribution in [0.5, 0.6) is 0 Å². The molecule has 2 aromatic rings. The van der Waals surface area contributed by atoms with Crippen molar-refractivity contribution in [3.05, 3.63) is 37.4 Å². The topological polar surface area (TPSA) is 132 Å². The van der Waals surface area contributed by atoms with Gasteiger partial charge in [-0.2, -0.15) is 8.42 Å². The maximum Gasteiger partial charge on any atom is 0.394 e. The molecule has 0 atom stereocenters. The predicted octanol–water partition coefficient (Wildman–Crippen LogP) is 0.803. The number of nitrogens with one attached hydrogen (secondary N) is 2. The van der Waals surface area contributed by atoms with E-state index in [-0.39, 0.29) is 7.43 Å². The second kappa shape index (κ2) is 9.83. The van der Waals surface area contributed by atoms with Crippen molar-refractivity contribution in [3.8, 4) is 0 Å². The van der Waals surface area contributed by atoms with Crippen LogP contribution in [0.15, 0.2) is 37.4 Å². The van der Waals surface area contributed by atoms with Gasteiger partial charge in [-0.1, -0.05) is 7.43 Å². The van der Waals surface area contributed by atoms with Gasteiger partial charge < -0.3 is 9.97 Å². The molecule has 2 rings (SSSR count). The van der Waals surface area contributed by atoms with Gasteiger partial charge >= 0.3 is 10.4 Å². The summed E-state index contributed by atoms with van der Waals surface area (Å²) in [6, 6.07) is 0. The largest absolute Gasteiger partial charge is 0.394 e. The third-order valence-corrected chi connectivity index (χ3v) is 0.812. The van der Waals surface area contributed by atoms with Gasteiger partial charge in [-0.15, -0.1) is 0 Å². The summed E-state index contributed by atoms with van der Waals surface area (Å²) in [5.41, 5.74) is 0. The third kappa shape index (κ3) is 22.8. The standard InChI is InChI=1S/2C3H4N2.CH4.H2O4S/c2*1-2-5-3-4-1;;1-5(2,3)4/h2*1-3H,(H,4,5);1H4;(H2,1,2,3,4). The molecule has 0 saturated carbocycles. The van der Waals surface area contributed by atoms with Gasteiger partial charge in [0.05, 0.1) is 12.7 Å². The summed E-state index contributed by atoms with van der Waals surface area (Å²) in [6.07, 6.45) is 10.2. The van der Waals surface area contributed by atoms with Gasteiger partial charge in [0.25, 0.3) is 0 Å². The minimum absolute atomic E-state index is 0. The molecule has 0 aliphatic rings. The van der Waals surface area contributed by atoms with Crippen LogP contribution in [0.2, 0.25) is 0 Å². The third-order valence-electron chi connectivity index (χ3n) is 0.812. The molecule has 2 heterocycles. The highest BCUT2D eigenvalue weighted by molar-refractivity contribution is 7.79. The lowest BCUT2D eigenvalue weighted by Gasteiger charge is -1.68. The van der Waals surface area contributed by atoms with Gasteiger partial charge in [-0.05, 0) is 0 Å². The summed E-state index contributed by atoms with van der Waals surface area (Å²) in [6.45, 7) is 0. The Balaban J connectivity index is 0. The van der Waals surface area contributed by atoms with E-state index in [2.05, 4.69) is 19.9 Å². The lowest BCUT2D eigenvalue weighted by molar-refractivity contribution is 0.381. The molecule has 2 aromatic heterocycles. The molecule has 0 saturated heterocycles. The molecular formula is C7H14N4O4S. The van der Waals surface area contributed by atoms with Crippen LogP contribution in [-0.4, -0.2) is 37.5 Å². The van der Waals surface area contributed by atoms with Crippen LogP contribution in [0.3, 0.4) is 0 Å². The number of hydrogen-bond donors (Lipinski definition) is 4. The molecule has 8 nitrogen and oxygen atoms in total. The Morgan fingerprint density at radius 3 is 1.31 bits per heavy atom. The molecule has 4 N–H and O–H groups in total. The van der Waals surface area contributed by atoms with Gasteiger partial charge in [0.2, 0.25) is 0 Å². The van der Waals surface area contributed by atoms with E-state index in [0.29, 0.717) is 0 Å². The lowest BCUT2D eigenvalue weighted by atomic mass is 11.0. The highest BCUT2D eigenvalue weighted by Gasteiger charge is 1.84. The summed E-state index contributed by atoms with van der Waals surface area (Å²) < 4.78 is 31.6. The van der Waals surface area contributed by atoms with Crippen molar-refractivity contribution in [1.29, 1.82) is 0 Å². The van der Waals surface area contributed by atoms with Crippen molar-refractivity contribution in [2.75, 3.05) is 0 Å². The van der Waals surface area contributed by atoms with Crippen molar-refractivity contribution < 1.29 is 17.5 Å². The van der Waals surface area contributed by atoms with E-state index in [4.69, 9.17) is 17.5 Å². The highest BCUT2D eigenvalue weighted by atomic mass is 32.3. The fraction of sp³-hybridized carbons (Fsp3) is 0.143. The summed E-state index contributed by atoms with van der Waals surface area (Å²) in [5.74, 6) is 0. The Labute approximate surface area is 93.4 Å². The monoisotopic (exact) mass is 250 g/mol. The first-order chi connectivity index (χ1) is 7.00. The molecule has 0 aromatic carbocycles.